The average Bonchev–Trinajstić information content (AvgIpc) is 3.37. The number of urea groups is 1. The summed E-state index contributed by atoms with van der Waals surface area (Å²) in [6.45, 7) is 3.48. The highest BCUT2D eigenvalue weighted by Crippen LogP contribution is 2.16. The maximum Gasteiger partial charge on any atom is 0.315 e. The zero-order valence-corrected chi connectivity index (χ0v) is 41.3. The number of nitrogens with zero attached hydrogens (tertiary/aromatic N) is 2. The molecular weight excluding hydrogens is 983 g/mol. The van der Waals surface area contributed by atoms with Crippen LogP contribution in [0.5, 0.6) is 5.75 Å². The lowest BCUT2D eigenvalue weighted by molar-refractivity contribution is -0.141. The van der Waals surface area contributed by atoms with E-state index in [4.69, 9.17) is 4.74 Å². The summed E-state index contributed by atoms with van der Waals surface area (Å²) in [6.07, 6.45) is 2.14. The van der Waals surface area contributed by atoms with Gasteiger partial charge < -0.3 is 52.4 Å². The van der Waals surface area contributed by atoms with Gasteiger partial charge >= 0.3 is 12.0 Å². The number of nitrogens with one attached hydrogen (secondary N) is 9. The number of anilines is 1. The van der Waals surface area contributed by atoms with Crippen LogP contribution in [0.1, 0.15) is 66.6 Å². The zero-order chi connectivity index (χ0) is 53.6. The standard InChI is InChI=1S/C49H59N11O13S/c1-30(2)43-48(68)58-37(47(67)57-38(25-42(62)63)45(65)53-29-41(61)56-36(46(66)59-43)13-8-21-51-49(69)54-26-32-10-4-3-5-11-32)24-31-15-18-35(19-16-31)73-23-9-22-50-44(64)34-17-20-40(52-27-34)60-55-28-33-12-6-7-14-39(33)74(70,71)72/h3-7,10-12,14-20,27-28,30,36-38,43H,8-9,13,21-26,29H2,1-2H3,(H,50,64)(H,52,60)(H,53,65)(H,56,61)(H,57,67)(H,58,68)(H,59,66)(H,62,63)(H2,51,54,69)(H,70,71,72)/b55-28+/t36?,37-,38-,43-/m1/s1. The van der Waals surface area contributed by atoms with E-state index in [1.165, 1.54) is 42.7 Å². The Morgan fingerprint density at radius 3 is 2.15 bits per heavy atom. The molecule has 0 spiro atoms. The first-order valence-electron chi connectivity index (χ1n) is 23.4. The quantitative estimate of drug-likeness (QED) is 0.0240. The molecule has 1 aliphatic rings. The van der Waals surface area contributed by atoms with Gasteiger partial charge in [-0.2, -0.15) is 13.5 Å². The molecule has 1 saturated heterocycles. The molecule has 0 saturated carbocycles. The van der Waals surface area contributed by atoms with Gasteiger partial charge in [0.2, 0.25) is 29.5 Å². The Bertz CT molecular complexity index is 2750. The number of carboxylic acid groups (broad SMARTS) is 1. The third kappa shape index (κ3) is 18.6. The third-order valence-electron chi connectivity index (χ3n) is 11.1. The highest BCUT2D eigenvalue weighted by molar-refractivity contribution is 7.86. The number of rotatable bonds is 21. The van der Waals surface area contributed by atoms with Gasteiger partial charge in [-0.1, -0.05) is 74.5 Å². The fraction of sp³-hybridized carbons (Fsp3) is 0.347. The predicted octanol–water partition coefficient (Wildman–Crippen LogP) is 0.995. The molecule has 2 heterocycles. The molecule has 11 N–H and O–H groups in total. The van der Waals surface area contributed by atoms with E-state index in [0.29, 0.717) is 17.7 Å². The second kappa shape index (κ2) is 28.0. The van der Waals surface area contributed by atoms with Crippen LogP contribution in [0.2, 0.25) is 0 Å². The van der Waals surface area contributed by atoms with Crippen molar-refractivity contribution >= 4 is 69.6 Å². The summed E-state index contributed by atoms with van der Waals surface area (Å²) in [7, 11) is -4.46. The number of pyridine rings is 1. The lowest BCUT2D eigenvalue weighted by atomic mass is 9.99. The number of hydrazone groups is 1. The van der Waals surface area contributed by atoms with Crippen LogP contribution in [0.4, 0.5) is 10.6 Å². The molecule has 8 amide bonds. The predicted molar refractivity (Wildman–Crippen MR) is 268 cm³/mol. The van der Waals surface area contributed by atoms with E-state index in [1.54, 1.807) is 44.2 Å². The van der Waals surface area contributed by atoms with Gasteiger partial charge in [0.05, 0.1) is 31.4 Å². The summed E-state index contributed by atoms with van der Waals surface area (Å²) in [5, 5.41) is 34.3. The average molecular weight is 1040 g/mol. The molecule has 1 unspecified atom stereocenters. The Hall–Kier alpha value is -8.45. The molecule has 74 heavy (non-hydrogen) atoms. The van der Waals surface area contributed by atoms with Crippen LogP contribution in [0.3, 0.4) is 0 Å². The number of amides is 8. The monoisotopic (exact) mass is 1040 g/mol. The van der Waals surface area contributed by atoms with Crippen molar-refractivity contribution in [3.8, 4) is 5.75 Å². The summed E-state index contributed by atoms with van der Waals surface area (Å²) < 4.78 is 38.4. The number of ether oxygens (including phenoxy) is 1. The molecule has 0 aliphatic carbocycles. The van der Waals surface area contributed by atoms with Crippen LogP contribution in [-0.2, 0) is 51.9 Å². The van der Waals surface area contributed by atoms with Gasteiger partial charge in [0, 0.05) is 37.8 Å². The fourth-order valence-corrected chi connectivity index (χ4v) is 7.85. The number of aromatic nitrogens is 1. The molecular formula is C49H59N11O13S. The Balaban J connectivity index is 1.15. The minimum atomic E-state index is -4.46. The summed E-state index contributed by atoms with van der Waals surface area (Å²) in [5.74, 6) is -5.91. The lowest BCUT2D eigenvalue weighted by Crippen LogP contribution is -2.59. The molecule has 4 aromatic rings. The molecule has 25 heteroatoms. The van der Waals surface area contributed by atoms with E-state index in [9.17, 15) is 56.4 Å². The maximum absolute atomic E-state index is 14.0. The molecule has 5 rings (SSSR count). The minimum Gasteiger partial charge on any atom is -0.494 e. The van der Waals surface area contributed by atoms with Crippen LogP contribution < -0.4 is 52.7 Å². The van der Waals surface area contributed by atoms with Crippen LogP contribution in [0.15, 0.2) is 107 Å². The van der Waals surface area contributed by atoms with E-state index in [0.717, 1.165) is 5.56 Å². The largest absolute Gasteiger partial charge is 0.494 e. The van der Waals surface area contributed by atoms with Gasteiger partial charge in [0.25, 0.3) is 16.0 Å². The number of carbonyl (C=O) groups is 8. The van der Waals surface area contributed by atoms with E-state index in [-0.39, 0.29) is 67.3 Å². The molecule has 0 radical (unpaired) electrons. The van der Waals surface area contributed by atoms with Crippen molar-refractivity contribution < 1.29 is 61.2 Å². The van der Waals surface area contributed by atoms with Gasteiger partial charge in [-0.05, 0) is 66.6 Å². The van der Waals surface area contributed by atoms with Crippen molar-refractivity contribution in [3.63, 3.8) is 0 Å². The third-order valence-corrected chi connectivity index (χ3v) is 12.0. The smallest absolute Gasteiger partial charge is 0.315 e. The van der Waals surface area contributed by atoms with E-state index in [2.05, 4.69) is 58.0 Å². The number of benzene rings is 3. The van der Waals surface area contributed by atoms with Crippen molar-refractivity contribution in [2.75, 3.05) is 31.7 Å². The Labute approximate surface area is 426 Å². The summed E-state index contributed by atoms with van der Waals surface area (Å²) >= 11 is 0. The van der Waals surface area contributed by atoms with Crippen molar-refractivity contribution in [2.24, 2.45) is 11.0 Å². The van der Waals surface area contributed by atoms with Crippen LogP contribution >= 0.6 is 0 Å². The highest BCUT2D eigenvalue weighted by Gasteiger charge is 2.34. The molecule has 0 bridgehead atoms. The number of carbonyl (C=O) groups excluding carboxylic acids is 7. The molecule has 24 nitrogen and oxygen atoms in total. The van der Waals surface area contributed by atoms with E-state index < -0.39 is 101 Å². The molecule has 1 aromatic heterocycles. The second-order valence-electron chi connectivity index (χ2n) is 17.1. The van der Waals surface area contributed by atoms with Gasteiger partial charge in [-0.25, -0.2) is 9.78 Å². The van der Waals surface area contributed by atoms with Crippen LogP contribution in [-0.4, -0.2) is 127 Å². The van der Waals surface area contributed by atoms with Crippen molar-refractivity contribution in [2.45, 2.75) is 81.6 Å². The summed E-state index contributed by atoms with van der Waals surface area (Å²) in [5.41, 5.74) is 4.44. The zero-order valence-electron chi connectivity index (χ0n) is 40.5. The van der Waals surface area contributed by atoms with Gasteiger partial charge in [-0.3, -0.25) is 43.5 Å². The first-order chi connectivity index (χ1) is 35.4. The molecule has 1 fully saturated rings. The molecule has 4 atom stereocenters. The molecule has 394 valence electrons. The number of carboxylic acids is 1. The Morgan fingerprint density at radius 1 is 0.770 bits per heavy atom. The summed E-state index contributed by atoms with van der Waals surface area (Å²) in [4.78, 5) is 109. The SMILES string of the molecule is CC(C)[C@H]1NC(=O)C(CCCNC(=O)NCc2ccccc2)NC(=O)CNC(=O)[C@@H](CC(=O)O)NC(=O)[C@@H](Cc2ccc(OCCCNC(=O)c3ccc(N/N=C/c4ccccc4S(=O)(=O)O)nc3)cc2)NC1=O. The highest BCUT2D eigenvalue weighted by atomic mass is 32.2. The fourth-order valence-electron chi connectivity index (χ4n) is 7.18. The van der Waals surface area contributed by atoms with Crippen molar-refractivity contribution in [1.82, 2.24) is 47.5 Å². The first kappa shape index (κ1) is 56.5. The van der Waals surface area contributed by atoms with E-state index in [1.807, 2.05) is 30.3 Å². The van der Waals surface area contributed by atoms with E-state index >= 15 is 0 Å². The normalized spacial score (nSPS) is 17.8. The second-order valence-corrected chi connectivity index (χ2v) is 18.5. The molecule has 3 aromatic carbocycles. The Morgan fingerprint density at radius 2 is 1.46 bits per heavy atom. The molecule has 1 aliphatic heterocycles. The Kier molecular flexibility index (Phi) is 21.3. The van der Waals surface area contributed by atoms with Crippen molar-refractivity contribution in [3.05, 3.63) is 119 Å². The van der Waals surface area contributed by atoms with Gasteiger partial charge in [0.15, 0.2) is 0 Å². The minimum absolute atomic E-state index is 0.00783. The van der Waals surface area contributed by atoms with Crippen LogP contribution in [0.25, 0.3) is 0 Å². The van der Waals surface area contributed by atoms with Crippen molar-refractivity contribution in [1.29, 1.82) is 0 Å². The number of aliphatic carboxylic acids is 1. The summed E-state index contributed by atoms with van der Waals surface area (Å²) in [6, 6.07) is 18.5. The topological polar surface area (TPSA) is 354 Å². The number of hydrogen-bond donors (Lipinski definition) is 11. The van der Waals surface area contributed by atoms with Crippen LogP contribution in [0, 0.1) is 5.92 Å². The van der Waals surface area contributed by atoms with Gasteiger partial charge in [-0.15, -0.1) is 0 Å². The van der Waals surface area contributed by atoms with Gasteiger partial charge in [0.1, 0.15) is 40.6 Å². The first-order valence-corrected chi connectivity index (χ1v) is 24.9. The lowest BCUT2D eigenvalue weighted by Gasteiger charge is -2.27. The maximum atomic E-state index is 14.0. The number of hydrogen-bond acceptors (Lipinski definition) is 14.